The van der Waals surface area contributed by atoms with Gasteiger partial charge in [-0.05, 0) is 0 Å². The van der Waals surface area contributed by atoms with E-state index in [4.69, 9.17) is 10.8 Å². The maximum absolute atomic E-state index is 11.3. The van der Waals surface area contributed by atoms with Gasteiger partial charge in [-0.2, -0.15) is 0 Å². The van der Waals surface area contributed by atoms with Crippen molar-refractivity contribution >= 4 is 23.6 Å². The summed E-state index contributed by atoms with van der Waals surface area (Å²) in [5.41, 5.74) is 5.50. The molecule has 0 aliphatic carbocycles. The van der Waals surface area contributed by atoms with E-state index in [2.05, 4.69) is 0 Å². The molecule has 78 valence electrons. The topological polar surface area (TPSA) is 104 Å². The van der Waals surface area contributed by atoms with Crippen molar-refractivity contribution in [3.8, 4) is 0 Å². The van der Waals surface area contributed by atoms with Gasteiger partial charge in [0.2, 0.25) is 5.91 Å². The number of amides is 1. The first kappa shape index (κ1) is 9.75. The Morgan fingerprint density at radius 3 is 2.86 bits per heavy atom. The highest BCUT2D eigenvalue weighted by molar-refractivity contribution is 8.00. The number of hydrogen-bond donors (Lipinski definition) is 3. The highest BCUT2D eigenvalue weighted by Gasteiger charge is 2.55. The zero-order valence-electron chi connectivity index (χ0n) is 7.16. The summed E-state index contributed by atoms with van der Waals surface area (Å²) in [7, 11) is 0. The van der Waals surface area contributed by atoms with Gasteiger partial charge in [0, 0.05) is 5.75 Å². The van der Waals surface area contributed by atoms with Gasteiger partial charge in [-0.1, -0.05) is 0 Å². The van der Waals surface area contributed by atoms with Gasteiger partial charge in [-0.15, -0.1) is 11.8 Å². The van der Waals surface area contributed by atoms with Crippen molar-refractivity contribution in [2.24, 2.45) is 5.73 Å². The Morgan fingerprint density at radius 2 is 2.29 bits per heavy atom. The lowest BCUT2D eigenvalue weighted by molar-refractivity contribution is -0.165. The Kier molecular flexibility index (Phi) is 2.17. The Labute approximate surface area is 84.1 Å². The highest BCUT2D eigenvalue weighted by atomic mass is 32.2. The Bertz CT molecular complexity index is 297. The standard InChI is InChI=1S/C7H10N2O4S/c8-3-5(11)9-4(7(12)13)2(10)1-14-6(3)9/h2-4,6,10H,1,8H2,(H,12,13)/t2?,3-,4?,6-/m1/s1. The number of carbonyl (C=O) groups excluding carboxylic acids is 1. The number of nitrogens with two attached hydrogens (primary N) is 1. The fourth-order valence-electron chi connectivity index (χ4n) is 1.75. The van der Waals surface area contributed by atoms with Gasteiger partial charge < -0.3 is 20.8 Å². The normalized spacial score (nSPS) is 41.6. The van der Waals surface area contributed by atoms with Crippen molar-refractivity contribution in [3.63, 3.8) is 0 Å². The Morgan fingerprint density at radius 1 is 1.64 bits per heavy atom. The molecule has 2 rings (SSSR count). The van der Waals surface area contributed by atoms with Crippen LogP contribution in [0.5, 0.6) is 0 Å². The molecule has 0 saturated carbocycles. The lowest BCUT2D eigenvalue weighted by atomic mass is 10.0. The van der Waals surface area contributed by atoms with E-state index in [1.54, 1.807) is 0 Å². The quantitative estimate of drug-likeness (QED) is 0.442. The molecule has 2 saturated heterocycles. The van der Waals surface area contributed by atoms with Gasteiger partial charge in [0.1, 0.15) is 11.4 Å². The smallest absolute Gasteiger partial charge is 0.329 e. The Hall–Kier alpha value is -0.790. The maximum atomic E-state index is 11.3. The number of thioether (sulfide) groups is 1. The zero-order valence-corrected chi connectivity index (χ0v) is 7.98. The lowest BCUT2D eigenvalue weighted by Crippen LogP contribution is -2.75. The van der Waals surface area contributed by atoms with Crippen LogP contribution < -0.4 is 5.73 Å². The van der Waals surface area contributed by atoms with E-state index in [0.717, 1.165) is 4.90 Å². The lowest BCUT2D eigenvalue weighted by Gasteiger charge is -2.51. The van der Waals surface area contributed by atoms with Crippen LogP contribution in [0.2, 0.25) is 0 Å². The van der Waals surface area contributed by atoms with Crippen LogP contribution in [-0.2, 0) is 9.59 Å². The van der Waals surface area contributed by atoms with Crippen molar-refractivity contribution in [3.05, 3.63) is 0 Å². The van der Waals surface area contributed by atoms with E-state index in [9.17, 15) is 14.7 Å². The molecule has 0 radical (unpaired) electrons. The molecule has 1 amide bonds. The van der Waals surface area contributed by atoms with Crippen LogP contribution in [-0.4, -0.2) is 56.3 Å². The third-order valence-electron chi connectivity index (χ3n) is 2.48. The third kappa shape index (κ3) is 1.13. The van der Waals surface area contributed by atoms with Crippen LogP contribution in [0.1, 0.15) is 0 Å². The molecule has 0 aromatic rings. The van der Waals surface area contributed by atoms with E-state index < -0.39 is 30.1 Å². The number of carboxylic acid groups (broad SMARTS) is 1. The van der Waals surface area contributed by atoms with Crippen molar-refractivity contribution in [2.75, 3.05) is 5.75 Å². The third-order valence-corrected chi connectivity index (χ3v) is 3.87. The fourth-order valence-corrected chi connectivity index (χ4v) is 3.04. The monoisotopic (exact) mass is 218 g/mol. The molecule has 2 heterocycles. The molecule has 2 aliphatic heterocycles. The van der Waals surface area contributed by atoms with Crippen LogP contribution in [0.3, 0.4) is 0 Å². The summed E-state index contributed by atoms with van der Waals surface area (Å²) in [4.78, 5) is 23.2. The number of carboxylic acids is 1. The second-order valence-corrected chi connectivity index (χ2v) is 4.50. The number of β-lactam (4-membered cyclic amide) rings is 1. The number of aliphatic carboxylic acids is 1. The zero-order chi connectivity index (χ0) is 10.5. The van der Waals surface area contributed by atoms with Gasteiger partial charge in [-0.25, -0.2) is 4.79 Å². The summed E-state index contributed by atoms with van der Waals surface area (Å²) in [6.07, 6.45) is -1.01. The number of nitrogens with zero attached hydrogens (tertiary/aromatic N) is 1. The molecule has 14 heavy (non-hydrogen) atoms. The molecular formula is C7H10N2O4S. The van der Waals surface area contributed by atoms with Crippen LogP contribution in [0.4, 0.5) is 0 Å². The first-order chi connectivity index (χ1) is 6.54. The SMILES string of the molecule is N[C@@H]1C(=O)N2C(C(=O)O)C(O)CS[C@H]12. The maximum Gasteiger partial charge on any atom is 0.329 e. The predicted molar refractivity (Wildman–Crippen MR) is 48.5 cm³/mol. The minimum absolute atomic E-state index is 0.285. The largest absolute Gasteiger partial charge is 0.480 e. The molecule has 4 atom stereocenters. The van der Waals surface area contributed by atoms with Gasteiger partial charge in [0.15, 0.2) is 6.04 Å². The van der Waals surface area contributed by atoms with Gasteiger partial charge >= 0.3 is 5.97 Å². The van der Waals surface area contributed by atoms with E-state index in [1.165, 1.54) is 11.8 Å². The molecule has 0 spiro atoms. The van der Waals surface area contributed by atoms with E-state index in [1.807, 2.05) is 0 Å². The van der Waals surface area contributed by atoms with Crippen LogP contribution in [0, 0.1) is 0 Å². The van der Waals surface area contributed by atoms with E-state index in [-0.39, 0.29) is 5.37 Å². The van der Waals surface area contributed by atoms with E-state index >= 15 is 0 Å². The summed E-state index contributed by atoms with van der Waals surface area (Å²) in [5, 5.41) is 18.0. The average Bonchev–Trinajstić information content (AvgIpc) is 2.15. The molecule has 6 nitrogen and oxygen atoms in total. The molecule has 4 N–H and O–H groups in total. The first-order valence-corrected chi connectivity index (χ1v) is 5.19. The molecule has 2 aliphatic rings. The highest BCUT2D eigenvalue weighted by Crippen LogP contribution is 2.37. The number of carbonyl (C=O) groups is 2. The summed E-state index contributed by atoms with van der Waals surface area (Å²) >= 11 is 1.32. The second kappa shape index (κ2) is 3.11. The van der Waals surface area contributed by atoms with Crippen molar-refractivity contribution in [1.29, 1.82) is 0 Å². The fraction of sp³-hybridized carbons (Fsp3) is 0.714. The van der Waals surface area contributed by atoms with Crippen LogP contribution in [0.15, 0.2) is 0 Å². The number of aliphatic hydroxyl groups is 1. The molecule has 0 aromatic heterocycles. The van der Waals surface area contributed by atoms with Crippen molar-refractivity contribution in [2.45, 2.75) is 23.6 Å². The van der Waals surface area contributed by atoms with Gasteiger partial charge in [0.05, 0.1) is 6.10 Å². The molecule has 0 aromatic carbocycles. The number of fused-ring (bicyclic) bond motifs is 1. The number of hydrogen-bond acceptors (Lipinski definition) is 5. The van der Waals surface area contributed by atoms with Gasteiger partial charge in [-0.3, -0.25) is 4.79 Å². The summed E-state index contributed by atoms with van der Waals surface area (Å²) in [6, 6.07) is -1.75. The summed E-state index contributed by atoms with van der Waals surface area (Å²) in [6.45, 7) is 0. The first-order valence-electron chi connectivity index (χ1n) is 4.14. The molecule has 7 heteroatoms. The Balaban J connectivity index is 2.21. The molecule has 2 fully saturated rings. The van der Waals surface area contributed by atoms with Gasteiger partial charge in [0.25, 0.3) is 0 Å². The average molecular weight is 218 g/mol. The van der Waals surface area contributed by atoms with Crippen LogP contribution in [0.25, 0.3) is 0 Å². The molecule has 0 bridgehead atoms. The van der Waals surface area contributed by atoms with Crippen molar-refractivity contribution < 1.29 is 19.8 Å². The summed E-state index contributed by atoms with van der Waals surface area (Å²) < 4.78 is 0. The molecule has 2 unspecified atom stereocenters. The minimum atomic E-state index is -1.18. The minimum Gasteiger partial charge on any atom is -0.480 e. The van der Waals surface area contributed by atoms with E-state index in [0.29, 0.717) is 5.75 Å². The molecular weight excluding hydrogens is 208 g/mol. The predicted octanol–water partition coefficient (Wildman–Crippen LogP) is -1.96. The second-order valence-electron chi connectivity index (χ2n) is 3.35. The van der Waals surface area contributed by atoms with Crippen LogP contribution >= 0.6 is 11.8 Å². The summed E-state index contributed by atoms with van der Waals surface area (Å²) in [5.74, 6) is -1.27. The number of rotatable bonds is 1. The van der Waals surface area contributed by atoms with Crippen molar-refractivity contribution in [1.82, 2.24) is 4.90 Å². The number of aliphatic hydroxyl groups excluding tert-OH is 1.